The average molecular weight is 521 g/mol. The number of hydrogen-bond donors (Lipinski definition) is 0. The number of carbonyl (C=O) groups excluding carboxylic acids is 2. The Hall–Kier alpha value is -5.84. The predicted molar refractivity (Wildman–Crippen MR) is 142 cm³/mol. The molecule has 1 aliphatic rings. The molecule has 11 nitrogen and oxygen atoms in total. The number of aldehydes is 1. The molecule has 0 radical (unpaired) electrons. The number of rotatable bonds is 4. The van der Waals surface area contributed by atoms with Gasteiger partial charge in [0.25, 0.3) is 17.1 Å². The highest BCUT2D eigenvalue weighted by Gasteiger charge is 2.36. The fourth-order valence-electron chi connectivity index (χ4n) is 4.70. The van der Waals surface area contributed by atoms with Crippen LogP contribution in [-0.2, 0) is 0 Å². The van der Waals surface area contributed by atoms with E-state index in [1.165, 1.54) is 6.07 Å². The maximum atomic E-state index is 12.3. The number of fused-ring (bicyclic) bond motifs is 5. The summed E-state index contributed by atoms with van der Waals surface area (Å²) in [7, 11) is 0. The molecular weight excluding hydrogens is 506 g/mol. The first-order chi connectivity index (χ1) is 18.7. The molecule has 0 N–H and O–H groups in total. The van der Waals surface area contributed by atoms with Crippen LogP contribution in [0.1, 0.15) is 26.3 Å². The minimum absolute atomic E-state index is 0.0597. The fraction of sp³-hybridized carbons (Fsp3) is 0. The highest BCUT2D eigenvalue weighted by Crippen LogP contribution is 2.45. The first kappa shape index (κ1) is 24.8. The molecule has 1 aliphatic carbocycles. The standard InChI is InChI=1S/C15H10O.C13H5N3O7/c16-10-15-13-7-3-1-5-11(13)9-12-6-2-4-8-14(12)15;17-13-9-3-6(14(18)19)1-2-8(9)12-10(13)4-7(15(20)21)5-11(12)16(22)23/h1-10H;1-5H. The second-order valence-corrected chi connectivity index (χ2v) is 8.57. The minimum Gasteiger partial charge on any atom is -0.298 e. The number of carbonyl (C=O) groups is 2. The zero-order valence-corrected chi connectivity index (χ0v) is 19.8. The lowest BCUT2D eigenvalue weighted by atomic mass is 9.98. The summed E-state index contributed by atoms with van der Waals surface area (Å²) in [5.41, 5.74) is -0.941. The third-order valence-electron chi connectivity index (χ3n) is 6.41. The van der Waals surface area contributed by atoms with Gasteiger partial charge >= 0.3 is 0 Å². The highest BCUT2D eigenvalue weighted by molar-refractivity contribution is 6.23. The molecular formula is C28H15N3O8. The van der Waals surface area contributed by atoms with E-state index in [1.807, 2.05) is 48.5 Å². The van der Waals surface area contributed by atoms with Gasteiger partial charge in [0.1, 0.15) is 0 Å². The lowest BCUT2D eigenvalue weighted by Crippen LogP contribution is -2.00. The summed E-state index contributed by atoms with van der Waals surface area (Å²) in [4.78, 5) is 54.1. The number of non-ortho nitro benzene ring substituents is 2. The molecule has 0 aromatic heterocycles. The Morgan fingerprint density at radius 1 is 0.590 bits per heavy atom. The van der Waals surface area contributed by atoms with Crippen LogP contribution in [0.15, 0.2) is 84.9 Å². The van der Waals surface area contributed by atoms with Crippen molar-refractivity contribution in [2.24, 2.45) is 0 Å². The van der Waals surface area contributed by atoms with Crippen molar-refractivity contribution in [1.29, 1.82) is 0 Å². The van der Waals surface area contributed by atoms with Crippen LogP contribution in [0.4, 0.5) is 17.1 Å². The molecule has 39 heavy (non-hydrogen) atoms. The molecule has 0 spiro atoms. The Morgan fingerprint density at radius 3 is 1.69 bits per heavy atom. The smallest absolute Gasteiger partial charge is 0.284 e. The summed E-state index contributed by atoms with van der Waals surface area (Å²) >= 11 is 0. The molecule has 0 saturated heterocycles. The van der Waals surface area contributed by atoms with Gasteiger partial charge in [0.05, 0.1) is 26.4 Å². The normalized spacial score (nSPS) is 11.3. The third kappa shape index (κ3) is 4.23. The van der Waals surface area contributed by atoms with E-state index in [4.69, 9.17) is 0 Å². The Balaban J connectivity index is 0.000000168. The minimum atomic E-state index is -0.841. The molecule has 6 rings (SSSR count). The molecule has 0 bridgehead atoms. The van der Waals surface area contributed by atoms with Gasteiger partial charge in [-0.1, -0.05) is 48.5 Å². The van der Waals surface area contributed by atoms with Crippen LogP contribution in [-0.4, -0.2) is 26.8 Å². The van der Waals surface area contributed by atoms with Crippen LogP contribution in [0.25, 0.3) is 32.7 Å². The highest BCUT2D eigenvalue weighted by atomic mass is 16.6. The maximum Gasteiger partial charge on any atom is 0.284 e. The van der Waals surface area contributed by atoms with Crippen molar-refractivity contribution >= 4 is 50.7 Å². The van der Waals surface area contributed by atoms with Crippen LogP contribution in [0, 0.1) is 30.3 Å². The van der Waals surface area contributed by atoms with E-state index in [1.54, 1.807) is 0 Å². The van der Waals surface area contributed by atoms with Gasteiger partial charge in [0.2, 0.25) is 0 Å². The van der Waals surface area contributed by atoms with Crippen molar-refractivity contribution in [3.05, 3.63) is 132 Å². The molecule has 0 saturated carbocycles. The van der Waals surface area contributed by atoms with E-state index in [0.717, 1.165) is 57.7 Å². The van der Waals surface area contributed by atoms with Gasteiger partial charge in [0.15, 0.2) is 12.1 Å². The van der Waals surface area contributed by atoms with E-state index >= 15 is 0 Å². The number of nitro benzene ring substituents is 3. The number of ketones is 1. The van der Waals surface area contributed by atoms with E-state index < -0.39 is 31.9 Å². The zero-order chi connectivity index (χ0) is 27.8. The van der Waals surface area contributed by atoms with E-state index in [0.29, 0.717) is 0 Å². The monoisotopic (exact) mass is 521 g/mol. The largest absolute Gasteiger partial charge is 0.298 e. The Labute approximate surface area is 218 Å². The zero-order valence-electron chi connectivity index (χ0n) is 19.8. The van der Waals surface area contributed by atoms with Gasteiger partial charge in [-0.2, -0.15) is 0 Å². The maximum absolute atomic E-state index is 12.3. The lowest BCUT2D eigenvalue weighted by molar-refractivity contribution is -0.393. The van der Waals surface area contributed by atoms with E-state index in [2.05, 4.69) is 6.07 Å². The Bertz CT molecular complexity index is 1840. The van der Waals surface area contributed by atoms with Crippen molar-refractivity contribution in [1.82, 2.24) is 0 Å². The summed E-state index contributed by atoms with van der Waals surface area (Å²) in [6.45, 7) is 0. The summed E-state index contributed by atoms with van der Waals surface area (Å²) in [6, 6.07) is 23.2. The van der Waals surface area contributed by atoms with Gasteiger partial charge in [0, 0.05) is 40.5 Å². The van der Waals surface area contributed by atoms with Gasteiger partial charge in [-0.25, -0.2) is 0 Å². The number of nitrogens with zero attached hydrogens (tertiary/aromatic N) is 3. The van der Waals surface area contributed by atoms with Crippen molar-refractivity contribution < 1.29 is 24.4 Å². The van der Waals surface area contributed by atoms with Crippen molar-refractivity contribution in [3.8, 4) is 11.1 Å². The molecule has 190 valence electrons. The SMILES string of the molecule is O=C1c2cc([N+](=O)[O-])ccc2-c2c1cc([N+](=O)[O-])cc2[N+](=O)[O-].O=Cc1c2ccccc2cc2ccccc12. The fourth-order valence-corrected chi connectivity index (χ4v) is 4.70. The second kappa shape index (κ2) is 9.56. The first-order valence-corrected chi connectivity index (χ1v) is 11.4. The quantitative estimate of drug-likeness (QED) is 0.111. The Kier molecular flexibility index (Phi) is 6.09. The van der Waals surface area contributed by atoms with Crippen molar-refractivity contribution in [3.63, 3.8) is 0 Å². The van der Waals surface area contributed by atoms with Crippen LogP contribution in [0.3, 0.4) is 0 Å². The molecule has 0 heterocycles. The van der Waals surface area contributed by atoms with Crippen LogP contribution in [0.5, 0.6) is 0 Å². The first-order valence-electron chi connectivity index (χ1n) is 11.4. The van der Waals surface area contributed by atoms with Crippen LogP contribution in [0.2, 0.25) is 0 Å². The van der Waals surface area contributed by atoms with Gasteiger partial charge in [-0.05, 0) is 33.7 Å². The molecule has 5 aromatic rings. The van der Waals surface area contributed by atoms with E-state index in [-0.39, 0.29) is 27.9 Å². The van der Waals surface area contributed by atoms with Gasteiger partial charge < -0.3 is 0 Å². The van der Waals surface area contributed by atoms with Gasteiger partial charge in [-0.3, -0.25) is 39.9 Å². The molecule has 0 fully saturated rings. The van der Waals surface area contributed by atoms with Gasteiger partial charge in [-0.15, -0.1) is 0 Å². The predicted octanol–water partition coefficient (Wildman–Crippen LogP) is 6.43. The molecule has 11 heteroatoms. The lowest BCUT2D eigenvalue weighted by Gasteiger charge is -2.05. The number of nitro groups is 3. The number of benzene rings is 5. The topological polar surface area (TPSA) is 164 Å². The average Bonchev–Trinajstić information content (AvgIpc) is 3.22. The summed E-state index contributed by atoms with van der Waals surface area (Å²) < 4.78 is 0. The van der Waals surface area contributed by atoms with Crippen LogP contribution >= 0.6 is 0 Å². The molecule has 0 amide bonds. The third-order valence-corrected chi connectivity index (χ3v) is 6.41. The molecule has 0 atom stereocenters. The van der Waals surface area contributed by atoms with E-state index in [9.17, 15) is 39.9 Å². The molecule has 0 unspecified atom stereocenters. The van der Waals surface area contributed by atoms with Crippen molar-refractivity contribution in [2.45, 2.75) is 0 Å². The summed E-state index contributed by atoms with van der Waals surface area (Å²) in [5.74, 6) is -0.717. The van der Waals surface area contributed by atoms with Crippen molar-refractivity contribution in [2.75, 3.05) is 0 Å². The van der Waals surface area contributed by atoms with Crippen LogP contribution < -0.4 is 0 Å². The second-order valence-electron chi connectivity index (χ2n) is 8.57. The molecule has 0 aliphatic heterocycles. The summed E-state index contributed by atoms with van der Waals surface area (Å²) in [5, 5.41) is 37.1. The Morgan fingerprint density at radius 2 is 1.15 bits per heavy atom. The summed E-state index contributed by atoms with van der Waals surface area (Å²) in [6.07, 6.45) is 0.949. The molecule has 5 aromatic carbocycles. The number of hydrogen-bond acceptors (Lipinski definition) is 8.